The first-order valence-electron chi connectivity index (χ1n) is 10.9. The fourth-order valence-electron chi connectivity index (χ4n) is 3.68. The van der Waals surface area contributed by atoms with Crippen LogP contribution >= 0.6 is 0 Å². The average Bonchev–Trinajstić information content (AvgIpc) is 2.83. The first-order chi connectivity index (χ1) is 16.1. The van der Waals surface area contributed by atoms with Crippen LogP contribution < -0.4 is 10.6 Å². The van der Waals surface area contributed by atoms with Gasteiger partial charge in [0.1, 0.15) is 0 Å². The Morgan fingerprint density at radius 3 is 2.29 bits per heavy atom. The van der Waals surface area contributed by atoms with E-state index >= 15 is 0 Å². The highest BCUT2D eigenvalue weighted by Gasteiger charge is 2.33. The van der Waals surface area contributed by atoms with E-state index in [2.05, 4.69) is 15.4 Å². The molecule has 3 amide bonds. The van der Waals surface area contributed by atoms with E-state index in [0.29, 0.717) is 11.3 Å². The number of carbonyl (C=O) groups excluding carboxylic acids is 3. The van der Waals surface area contributed by atoms with E-state index in [0.717, 1.165) is 10.5 Å². The van der Waals surface area contributed by atoms with Gasteiger partial charge in [0.05, 0.1) is 17.3 Å². The zero-order valence-electron chi connectivity index (χ0n) is 18.6. The molecule has 0 saturated carbocycles. The molecule has 0 bridgehead atoms. The molecule has 3 rings (SSSR count). The Morgan fingerprint density at radius 1 is 1.03 bits per heavy atom. The van der Waals surface area contributed by atoms with Crippen LogP contribution in [-0.2, 0) is 9.53 Å². The predicted molar refractivity (Wildman–Crippen MR) is 119 cm³/mol. The molecule has 2 aromatic carbocycles. The standard InChI is InChI=1S/C24H26F3N3O4/c1-16(17-7-3-2-4-8-17)28-22(32)19-9-5-6-10-20(19)29-21(31)18-11-13-30(14-12-18)23(33)34-15-24(25,26)27/h2-10,16,18H,11-15H2,1H3,(H,28,32)(H,29,31). The van der Waals surface area contributed by atoms with Gasteiger partial charge < -0.3 is 20.3 Å². The number of anilines is 1. The minimum Gasteiger partial charge on any atom is -0.440 e. The maximum atomic E-state index is 12.9. The summed E-state index contributed by atoms with van der Waals surface area (Å²) in [6.07, 6.45) is -5.10. The molecule has 7 nitrogen and oxygen atoms in total. The van der Waals surface area contributed by atoms with Gasteiger partial charge in [-0.1, -0.05) is 42.5 Å². The van der Waals surface area contributed by atoms with E-state index in [1.165, 1.54) is 0 Å². The summed E-state index contributed by atoms with van der Waals surface area (Å²) in [5, 5.41) is 5.70. The number of nitrogens with zero attached hydrogens (tertiary/aromatic N) is 1. The number of rotatable bonds is 6. The molecule has 0 spiro atoms. The van der Waals surface area contributed by atoms with Crippen molar-refractivity contribution in [3.05, 3.63) is 65.7 Å². The second-order valence-corrected chi connectivity index (χ2v) is 8.07. The normalized spacial score (nSPS) is 15.4. The third-order valence-electron chi connectivity index (χ3n) is 5.56. The molecule has 1 aliphatic heterocycles. The van der Waals surface area contributed by atoms with Crippen molar-refractivity contribution in [3.8, 4) is 0 Å². The van der Waals surface area contributed by atoms with Crippen molar-refractivity contribution >= 4 is 23.6 Å². The van der Waals surface area contributed by atoms with Crippen molar-refractivity contribution < 1.29 is 32.3 Å². The number of para-hydroxylation sites is 1. The van der Waals surface area contributed by atoms with Crippen molar-refractivity contribution in [2.75, 3.05) is 25.0 Å². The molecule has 1 heterocycles. The van der Waals surface area contributed by atoms with Crippen LogP contribution in [0.1, 0.15) is 41.7 Å². The molecule has 0 aliphatic carbocycles. The highest BCUT2D eigenvalue weighted by atomic mass is 19.4. The van der Waals surface area contributed by atoms with Crippen LogP contribution in [0, 0.1) is 5.92 Å². The molecule has 2 N–H and O–H groups in total. The zero-order valence-corrected chi connectivity index (χ0v) is 18.6. The van der Waals surface area contributed by atoms with Gasteiger partial charge in [0.25, 0.3) is 5.91 Å². The van der Waals surface area contributed by atoms with Crippen LogP contribution in [0.25, 0.3) is 0 Å². The van der Waals surface area contributed by atoms with Crippen LogP contribution in [0.4, 0.5) is 23.7 Å². The monoisotopic (exact) mass is 477 g/mol. The quantitative estimate of drug-likeness (QED) is 0.640. The van der Waals surface area contributed by atoms with Crippen LogP contribution in [0.3, 0.4) is 0 Å². The second-order valence-electron chi connectivity index (χ2n) is 8.07. The Morgan fingerprint density at radius 2 is 1.65 bits per heavy atom. The molecule has 34 heavy (non-hydrogen) atoms. The van der Waals surface area contributed by atoms with Crippen LogP contribution in [-0.4, -0.2) is 48.7 Å². The summed E-state index contributed by atoms with van der Waals surface area (Å²) in [4.78, 5) is 38.6. The first kappa shape index (κ1) is 25.1. The van der Waals surface area contributed by atoms with E-state index in [-0.39, 0.29) is 43.8 Å². The minimum atomic E-state index is -4.59. The molecule has 10 heteroatoms. The SMILES string of the molecule is CC(NC(=O)c1ccccc1NC(=O)C1CCN(C(=O)OCC(F)(F)F)CC1)c1ccccc1. The third kappa shape index (κ3) is 6.97. The molecule has 2 aromatic rings. The number of carbonyl (C=O) groups is 3. The lowest BCUT2D eigenvalue weighted by atomic mass is 9.96. The number of piperidine rings is 1. The Kier molecular flexibility index (Phi) is 8.14. The topological polar surface area (TPSA) is 87.7 Å². The molecule has 1 aliphatic rings. The van der Waals surface area contributed by atoms with Crippen LogP contribution in [0.15, 0.2) is 54.6 Å². The molecule has 182 valence electrons. The smallest absolute Gasteiger partial charge is 0.422 e. The summed E-state index contributed by atoms with van der Waals surface area (Å²) >= 11 is 0. The molecule has 1 atom stereocenters. The van der Waals surface area contributed by atoms with Crippen LogP contribution in [0.5, 0.6) is 0 Å². The van der Waals surface area contributed by atoms with Gasteiger partial charge in [0.2, 0.25) is 5.91 Å². The van der Waals surface area contributed by atoms with E-state index in [4.69, 9.17) is 0 Å². The zero-order chi connectivity index (χ0) is 24.7. The fourth-order valence-corrected chi connectivity index (χ4v) is 3.68. The van der Waals surface area contributed by atoms with E-state index in [1.807, 2.05) is 37.3 Å². The number of alkyl halides is 3. The van der Waals surface area contributed by atoms with Crippen molar-refractivity contribution in [2.45, 2.75) is 32.0 Å². The summed E-state index contributed by atoms with van der Waals surface area (Å²) in [5.74, 6) is -1.11. The number of halogens is 3. The Bertz CT molecular complexity index is 1010. The number of hydrogen-bond donors (Lipinski definition) is 2. The second kappa shape index (κ2) is 11.0. The Hall–Kier alpha value is -3.56. The van der Waals surface area contributed by atoms with Gasteiger partial charge in [-0.05, 0) is 37.5 Å². The Labute approximate surface area is 195 Å². The molecule has 1 unspecified atom stereocenters. The van der Waals surface area contributed by atoms with E-state index in [1.54, 1.807) is 24.3 Å². The lowest BCUT2D eigenvalue weighted by Gasteiger charge is -2.30. The predicted octanol–water partition coefficient (Wildman–Crippen LogP) is 4.53. The number of hydrogen-bond acceptors (Lipinski definition) is 4. The largest absolute Gasteiger partial charge is 0.440 e. The number of benzene rings is 2. The van der Waals surface area contributed by atoms with Gasteiger partial charge in [-0.2, -0.15) is 13.2 Å². The van der Waals surface area contributed by atoms with Gasteiger partial charge in [-0.15, -0.1) is 0 Å². The lowest BCUT2D eigenvalue weighted by molar-refractivity contribution is -0.162. The first-order valence-corrected chi connectivity index (χ1v) is 10.9. The van der Waals surface area contributed by atoms with Gasteiger partial charge >= 0.3 is 12.3 Å². The maximum absolute atomic E-state index is 12.9. The van der Waals surface area contributed by atoms with Crippen molar-refractivity contribution in [3.63, 3.8) is 0 Å². The molecule has 0 radical (unpaired) electrons. The fraction of sp³-hybridized carbons (Fsp3) is 0.375. The summed E-state index contributed by atoms with van der Waals surface area (Å²) < 4.78 is 40.9. The summed E-state index contributed by atoms with van der Waals surface area (Å²) in [6.45, 7) is 0.424. The lowest BCUT2D eigenvalue weighted by Crippen LogP contribution is -2.42. The van der Waals surface area contributed by atoms with Crippen LogP contribution in [0.2, 0.25) is 0 Å². The van der Waals surface area contributed by atoms with Crippen molar-refractivity contribution in [1.82, 2.24) is 10.2 Å². The molecule has 1 fully saturated rings. The number of nitrogens with one attached hydrogen (secondary N) is 2. The number of amides is 3. The highest BCUT2D eigenvalue weighted by Crippen LogP contribution is 2.23. The van der Waals surface area contributed by atoms with Gasteiger partial charge in [-0.3, -0.25) is 9.59 Å². The van der Waals surface area contributed by atoms with E-state index in [9.17, 15) is 27.6 Å². The van der Waals surface area contributed by atoms with Crippen molar-refractivity contribution in [2.24, 2.45) is 5.92 Å². The molecular formula is C24H26F3N3O4. The van der Waals surface area contributed by atoms with Gasteiger partial charge in [0, 0.05) is 19.0 Å². The third-order valence-corrected chi connectivity index (χ3v) is 5.56. The Balaban J connectivity index is 1.56. The minimum absolute atomic E-state index is 0.103. The van der Waals surface area contributed by atoms with E-state index < -0.39 is 24.8 Å². The van der Waals surface area contributed by atoms with Gasteiger partial charge in [0.15, 0.2) is 6.61 Å². The van der Waals surface area contributed by atoms with Gasteiger partial charge in [-0.25, -0.2) is 4.79 Å². The average molecular weight is 477 g/mol. The highest BCUT2D eigenvalue weighted by molar-refractivity contribution is 6.04. The summed E-state index contributed by atoms with van der Waals surface area (Å²) in [6, 6.07) is 15.9. The summed E-state index contributed by atoms with van der Waals surface area (Å²) in [7, 11) is 0. The van der Waals surface area contributed by atoms with Crippen molar-refractivity contribution in [1.29, 1.82) is 0 Å². The molecule has 0 aromatic heterocycles. The summed E-state index contributed by atoms with van der Waals surface area (Å²) in [5.41, 5.74) is 1.61. The number of ether oxygens (including phenoxy) is 1. The molecular weight excluding hydrogens is 451 g/mol. The maximum Gasteiger partial charge on any atom is 0.422 e. The number of likely N-dealkylation sites (tertiary alicyclic amines) is 1. The molecule has 1 saturated heterocycles.